The Labute approximate surface area is 103 Å². The van der Waals surface area contributed by atoms with Gasteiger partial charge in [-0.25, -0.2) is 4.68 Å². The van der Waals surface area contributed by atoms with Gasteiger partial charge < -0.3 is 10.2 Å². The highest BCUT2D eigenvalue weighted by Crippen LogP contribution is 2.17. The topological polar surface area (TPSA) is 71.2 Å². The first-order valence-corrected chi connectivity index (χ1v) is 5.50. The Morgan fingerprint density at radius 3 is 2.59 bits per heavy atom. The van der Waals surface area contributed by atoms with Crippen molar-refractivity contribution in [2.24, 2.45) is 0 Å². The summed E-state index contributed by atoms with van der Waals surface area (Å²) in [6, 6.07) is 6.97. The third kappa shape index (κ3) is 3.03. The first-order chi connectivity index (χ1) is 8.19. The maximum Gasteiger partial charge on any atom is 0.108 e. The van der Waals surface area contributed by atoms with Gasteiger partial charge in [0.25, 0.3) is 0 Å². The molecule has 0 saturated carbocycles. The van der Waals surface area contributed by atoms with Gasteiger partial charge in [0.15, 0.2) is 0 Å². The Balaban J connectivity index is 2.05. The number of aliphatic hydroxyl groups is 2. The minimum atomic E-state index is -0.680. The van der Waals surface area contributed by atoms with Gasteiger partial charge in [-0.15, -0.1) is 5.10 Å². The van der Waals surface area contributed by atoms with E-state index in [4.69, 9.17) is 16.7 Å². The number of benzene rings is 1. The van der Waals surface area contributed by atoms with Gasteiger partial charge in [-0.05, 0) is 17.7 Å². The van der Waals surface area contributed by atoms with E-state index in [-0.39, 0.29) is 13.2 Å². The molecule has 0 saturated heterocycles. The summed E-state index contributed by atoms with van der Waals surface area (Å²) >= 11 is 5.76. The molecule has 0 radical (unpaired) electrons. The molecule has 0 spiro atoms. The zero-order valence-corrected chi connectivity index (χ0v) is 9.75. The summed E-state index contributed by atoms with van der Waals surface area (Å²) in [5.74, 6) is 0. The normalized spacial score (nSPS) is 12.6. The molecule has 2 rings (SSSR count). The SMILES string of the molecule is OCc1cn(C[C@@H](O)c2ccc(Cl)cc2)nn1. The summed E-state index contributed by atoms with van der Waals surface area (Å²) in [6.07, 6.45) is 0.916. The van der Waals surface area contributed by atoms with Gasteiger partial charge in [0, 0.05) is 5.02 Å². The summed E-state index contributed by atoms with van der Waals surface area (Å²) in [6.45, 7) is 0.131. The van der Waals surface area contributed by atoms with Gasteiger partial charge in [0.05, 0.1) is 25.5 Å². The van der Waals surface area contributed by atoms with Gasteiger partial charge in [-0.2, -0.15) is 0 Å². The van der Waals surface area contributed by atoms with Gasteiger partial charge in [-0.3, -0.25) is 0 Å². The molecule has 0 aliphatic carbocycles. The van der Waals surface area contributed by atoms with E-state index in [0.29, 0.717) is 10.7 Å². The van der Waals surface area contributed by atoms with Crippen LogP contribution in [0.3, 0.4) is 0 Å². The van der Waals surface area contributed by atoms with Crippen LogP contribution in [-0.4, -0.2) is 25.2 Å². The van der Waals surface area contributed by atoms with Crippen LogP contribution in [-0.2, 0) is 13.2 Å². The fourth-order valence-corrected chi connectivity index (χ4v) is 1.59. The van der Waals surface area contributed by atoms with Crippen LogP contribution < -0.4 is 0 Å². The molecule has 0 unspecified atom stereocenters. The second-order valence-corrected chi connectivity index (χ2v) is 4.09. The van der Waals surface area contributed by atoms with E-state index in [1.807, 2.05) is 0 Å². The average molecular weight is 254 g/mol. The van der Waals surface area contributed by atoms with Crippen molar-refractivity contribution in [2.75, 3.05) is 0 Å². The molecule has 0 fully saturated rings. The molecule has 1 heterocycles. The molecule has 2 N–H and O–H groups in total. The largest absolute Gasteiger partial charge is 0.390 e. The summed E-state index contributed by atoms with van der Waals surface area (Å²) in [5, 5.41) is 26.9. The Kier molecular flexibility index (Phi) is 3.73. The van der Waals surface area contributed by atoms with E-state index in [0.717, 1.165) is 5.56 Å². The molecule has 0 aliphatic rings. The van der Waals surface area contributed by atoms with Gasteiger partial charge in [0.1, 0.15) is 5.69 Å². The molecule has 1 atom stereocenters. The third-order valence-corrected chi connectivity index (χ3v) is 2.61. The van der Waals surface area contributed by atoms with E-state index in [2.05, 4.69) is 10.3 Å². The molecule has 1 aromatic heterocycles. The van der Waals surface area contributed by atoms with Crippen LogP contribution in [0.2, 0.25) is 5.02 Å². The number of halogens is 1. The molecule has 17 heavy (non-hydrogen) atoms. The number of hydrogen-bond donors (Lipinski definition) is 2. The molecule has 0 aliphatic heterocycles. The van der Waals surface area contributed by atoms with Crippen LogP contribution in [0.15, 0.2) is 30.5 Å². The van der Waals surface area contributed by atoms with Crippen molar-refractivity contribution < 1.29 is 10.2 Å². The Bertz CT molecular complexity index is 484. The van der Waals surface area contributed by atoms with E-state index in [9.17, 15) is 5.11 Å². The van der Waals surface area contributed by atoms with Crippen molar-refractivity contribution in [3.63, 3.8) is 0 Å². The molecule has 5 nitrogen and oxygen atoms in total. The number of aliphatic hydroxyl groups excluding tert-OH is 2. The van der Waals surface area contributed by atoms with E-state index in [1.54, 1.807) is 30.5 Å². The smallest absolute Gasteiger partial charge is 0.108 e. The van der Waals surface area contributed by atoms with Gasteiger partial charge >= 0.3 is 0 Å². The lowest BCUT2D eigenvalue weighted by molar-refractivity contribution is 0.150. The molecule has 1 aromatic carbocycles. The minimum Gasteiger partial charge on any atom is -0.390 e. The van der Waals surface area contributed by atoms with Crippen LogP contribution in [0.4, 0.5) is 0 Å². The highest BCUT2D eigenvalue weighted by molar-refractivity contribution is 6.30. The monoisotopic (exact) mass is 253 g/mol. The summed E-state index contributed by atoms with van der Waals surface area (Å²) in [4.78, 5) is 0. The molecule has 6 heteroatoms. The molecule has 0 bridgehead atoms. The molecular formula is C11H12ClN3O2. The van der Waals surface area contributed by atoms with Crippen molar-refractivity contribution in [3.8, 4) is 0 Å². The number of hydrogen-bond acceptors (Lipinski definition) is 4. The van der Waals surface area contributed by atoms with Crippen molar-refractivity contribution in [3.05, 3.63) is 46.7 Å². The Morgan fingerprint density at radius 2 is 2.00 bits per heavy atom. The first-order valence-electron chi connectivity index (χ1n) is 5.12. The minimum absolute atomic E-state index is 0.156. The summed E-state index contributed by atoms with van der Waals surface area (Å²) in [5.41, 5.74) is 1.24. The lowest BCUT2D eigenvalue weighted by atomic mass is 10.1. The van der Waals surface area contributed by atoms with Crippen molar-refractivity contribution in [1.82, 2.24) is 15.0 Å². The molecular weight excluding hydrogens is 242 g/mol. The quantitative estimate of drug-likeness (QED) is 0.858. The van der Waals surface area contributed by atoms with Gasteiger partial charge in [0.2, 0.25) is 0 Å². The number of nitrogens with zero attached hydrogens (tertiary/aromatic N) is 3. The lowest BCUT2D eigenvalue weighted by Gasteiger charge is -2.10. The molecule has 2 aromatic rings. The predicted octanol–water partition coefficient (Wildman–Crippen LogP) is 1.16. The van der Waals surface area contributed by atoms with Gasteiger partial charge in [-0.1, -0.05) is 28.9 Å². The zero-order valence-electron chi connectivity index (χ0n) is 8.99. The van der Waals surface area contributed by atoms with E-state index < -0.39 is 6.10 Å². The highest BCUT2D eigenvalue weighted by Gasteiger charge is 2.09. The maximum atomic E-state index is 9.95. The standard InChI is InChI=1S/C11H12ClN3O2/c12-9-3-1-8(2-4-9)11(17)6-15-5-10(7-16)13-14-15/h1-5,11,16-17H,6-7H2/t11-/m1/s1. The summed E-state index contributed by atoms with van der Waals surface area (Å²) < 4.78 is 1.49. The fourth-order valence-electron chi connectivity index (χ4n) is 1.47. The number of aromatic nitrogens is 3. The Morgan fingerprint density at radius 1 is 1.29 bits per heavy atom. The van der Waals surface area contributed by atoms with E-state index >= 15 is 0 Å². The molecule has 0 amide bonds. The van der Waals surface area contributed by atoms with Crippen LogP contribution in [0.5, 0.6) is 0 Å². The van der Waals surface area contributed by atoms with Crippen LogP contribution >= 0.6 is 11.6 Å². The van der Waals surface area contributed by atoms with Crippen molar-refractivity contribution in [1.29, 1.82) is 0 Å². The second-order valence-electron chi connectivity index (χ2n) is 3.66. The van der Waals surface area contributed by atoms with Crippen molar-refractivity contribution in [2.45, 2.75) is 19.3 Å². The highest BCUT2D eigenvalue weighted by atomic mass is 35.5. The third-order valence-electron chi connectivity index (χ3n) is 2.36. The van der Waals surface area contributed by atoms with Crippen molar-refractivity contribution >= 4 is 11.6 Å². The Hall–Kier alpha value is -1.43. The van der Waals surface area contributed by atoms with Crippen LogP contribution in [0, 0.1) is 0 Å². The molecule has 90 valence electrons. The fraction of sp³-hybridized carbons (Fsp3) is 0.273. The average Bonchev–Trinajstić information content (AvgIpc) is 2.77. The van der Waals surface area contributed by atoms with Crippen LogP contribution in [0.1, 0.15) is 17.4 Å². The number of rotatable bonds is 4. The second kappa shape index (κ2) is 5.27. The predicted molar refractivity (Wildman–Crippen MR) is 62.4 cm³/mol. The first kappa shape index (κ1) is 12.0. The maximum absolute atomic E-state index is 9.95. The van der Waals surface area contributed by atoms with E-state index in [1.165, 1.54) is 4.68 Å². The zero-order chi connectivity index (χ0) is 12.3. The van der Waals surface area contributed by atoms with Crippen LogP contribution in [0.25, 0.3) is 0 Å². The lowest BCUT2D eigenvalue weighted by Crippen LogP contribution is -2.09. The summed E-state index contributed by atoms with van der Waals surface area (Å²) in [7, 11) is 0.